The van der Waals surface area contributed by atoms with Crippen LogP contribution < -0.4 is 10.6 Å². The van der Waals surface area contributed by atoms with Gasteiger partial charge in [-0.05, 0) is 23.9 Å². The lowest BCUT2D eigenvalue weighted by atomic mass is 9.96. The molecule has 1 fully saturated rings. The number of carbonyl (C=O) groups is 1. The van der Waals surface area contributed by atoms with Crippen LogP contribution in [0.5, 0.6) is 0 Å². The van der Waals surface area contributed by atoms with E-state index in [9.17, 15) is 4.79 Å². The van der Waals surface area contributed by atoms with Crippen LogP contribution >= 0.6 is 11.5 Å². The predicted octanol–water partition coefficient (Wildman–Crippen LogP) is 1.37. The van der Waals surface area contributed by atoms with Crippen molar-refractivity contribution in [3.05, 3.63) is 5.56 Å². The van der Waals surface area contributed by atoms with E-state index in [0.29, 0.717) is 11.5 Å². The van der Waals surface area contributed by atoms with Gasteiger partial charge in [-0.2, -0.15) is 4.37 Å². The number of hydrogen-bond acceptors (Lipinski definition) is 7. The second kappa shape index (κ2) is 5.75. The van der Waals surface area contributed by atoms with Gasteiger partial charge in [-0.15, -0.1) is 0 Å². The lowest BCUT2D eigenvalue weighted by Gasteiger charge is -2.36. The zero-order chi connectivity index (χ0) is 14.0. The summed E-state index contributed by atoms with van der Waals surface area (Å²) in [5.74, 6) is 0.307. The second-order valence-electron chi connectivity index (χ2n) is 4.73. The minimum absolute atomic E-state index is 0.155. The number of esters is 1. The van der Waals surface area contributed by atoms with E-state index in [0.717, 1.165) is 24.5 Å². The first kappa shape index (κ1) is 14.1. The molecule has 0 aromatic carbocycles. The summed E-state index contributed by atoms with van der Waals surface area (Å²) in [7, 11) is 3.06. The van der Waals surface area contributed by atoms with Crippen LogP contribution in [0, 0.1) is 5.92 Å². The molecular formula is C12H19N3O3S. The van der Waals surface area contributed by atoms with E-state index >= 15 is 0 Å². The Kier molecular flexibility index (Phi) is 4.26. The van der Waals surface area contributed by atoms with Crippen molar-refractivity contribution in [3.63, 3.8) is 0 Å². The largest absolute Gasteiger partial charge is 0.465 e. The molecule has 1 aliphatic rings. The third-order valence-electron chi connectivity index (χ3n) is 3.57. The minimum Gasteiger partial charge on any atom is -0.465 e. The van der Waals surface area contributed by atoms with Crippen molar-refractivity contribution >= 4 is 28.3 Å². The van der Waals surface area contributed by atoms with E-state index < -0.39 is 5.97 Å². The van der Waals surface area contributed by atoms with Crippen molar-refractivity contribution in [1.29, 1.82) is 0 Å². The maximum atomic E-state index is 11.8. The zero-order valence-electron chi connectivity index (χ0n) is 11.4. The normalized spacial score (nSPS) is 23.4. The van der Waals surface area contributed by atoms with Crippen LogP contribution in [0.1, 0.15) is 23.7 Å². The molecule has 2 N–H and O–H groups in total. The molecule has 2 atom stereocenters. The summed E-state index contributed by atoms with van der Waals surface area (Å²) in [6.45, 7) is 3.78. The van der Waals surface area contributed by atoms with Crippen LogP contribution in [-0.2, 0) is 9.47 Å². The number of rotatable bonds is 3. The van der Waals surface area contributed by atoms with Gasteiger partial charge in [-0.3, -0.25) is 0 Å². The highest BCUT2D eigenvalue weighted by Crippen LogP contribution is 2.34. The number of carbonyl (C=O) groups excluding carboxylic acids is 1. The van der Waals surface area contributed by atoms with E-state index in [-0.39, 0.29) is 11.9 Å². The fraction of sp³-hybridized carbons (Fsp3) is 0.667. The highest BCUT2D eigenvalue weighted by molar-refractivity contribution is 7.11. The van der Waals surface area contributed by atoms with Crippen molar-refractivity contribution in [3.8, 4) is 0 Å². The van der Waals surface area contributed by atoms with E-state index in [1.54, 1.807) is 7.11 Å². The number of anilines is 2. The van der Waals surface area contributed by atoms with Crippen molar-refractivity contribution < 1.29 is 14.3 Å². The van der Waals surface area contributed by atoms with Gasteiger partial charge in [0.1, 0.15) is 10.6 Å². The number of methoxy groups -OCH3 is 2. The molecule has 0 spiro atoms. The molecule has 0 bridgehead atoms. The van der Waals surface area contributed by atoms with Gasteiger partial charge < -0.3 is 20.1 Å². The Morgan fingerprint density at radius 1 is 1.53 bits per heavy atom. The topological polar surface area (TPSA) is 77.7 Å². The van der Waals surface area contributed by atoms with Crippen molar-refractivity contribution in [1.82, 2.24) is 4.37 Å². The summed E-state index contributed by atoms with van der Waals surface area (Å²) in [4.78, 5) is 13.9. The molecule has 2 unspecified atom stereocenters. The molecule has 1 aromatic rings. The van der Waals surface area contributed by atoms with Gasteiger partial charge in [-0.25, -0.2) is 4.79 Å². The third-order valence-corrected chi connectivity index (χ3v) is 4.49. The van der Waals surface area contributed by atoms with Gasteiger partial charge in [0.25, 0.3) is 0 Å². The quantitative estimate of drug-likeness (QED) is 0.845. The summed E-state index contributed by atoms with van der Waals surface area (Å²) < 4.78 is 14.3. The van der Waals surface area contributed by atoms with Crippen molar-refractivity contribution in [2.45, 2.75) is 19.4 Å². The van der Waals surface area contributed by atoms with Gasteiger partial charge in [0.15, 0.2) is 5.82 Å². The number of ether oxygens (including phenoxy) is 2. The Balaban J connectivity index is 2.25. The number of nitrogen functional groups attached to an aromatic ring is 1. The van der Waals surface area contributed by atoms with Crippen LogP contribution in [0.25, 0.3) is 0 Å². The van der Waals surface area contributed by atoms with Gasteiger partial charge in [-0.1, -0.05) is 6.92 Å². The van der Waals surface area contributed by atoms with Crippen LogP contribution in [0.15, 0.2) is 0 Å². The summed E-state index contributed by atoms with van der Waals surface area (Å²) in [6.07, 6.45) is 1.17. The van der Waals surface area contributed by atoms with E-state index in [2.05, 4.69) is 16.2 Å². The fourth-order valence-electron chi connectivity index (χ4n) is 2.33. The molecule has 0 radical (unpaired) electrons. The molecule has 19 heavy (non-hydrogen) atoms. The fourth-order valence-corrected chi connectivity index (χ4v) is 3.16. The maximum Gasteiger partial charge on any atom is 0.344 e. The number of piperidine rings is 1. The van der Waals surface area contributed by atoms with Crippen LogP contribution in [0.3, 0.4) is 0 Å². The summed E-state index contributed by atoms with van der Waals surface area (Å²) in [5.41, 5.74) is 6.13. The van der Waals surface area contributed by atoms with E-state index in [4.69, 9.17) is 15.2 Å². The lowest BCUT2D eigenvalue weighted by molar-refractivity contribution is 0.0496. The molecule has 0 aliphatic carbocycles. The Morgan fingerprint density at radius 3 is 2.89 bits per heavy atom. The van der Waals surface area contributed by atoms with E-state index in [1.807, 2.05) is 0 Å². The number of nitrogens with two attached hydrogens (primary N) is 1. The monoisotopic (exact) mass is 285 g/mol. The minimum atomic E-state index is -0.436. The smallest absolute Gasteiger partial charge is 0.344 e. The first-order valence-corrected chi connectivity index (χ1v) is 6.97. The highest BCUT2D eigenvalue weighted by Gasteiger charge is 2.31. The first-order chi connectivity index (χ1) is 9.08. The molecule has 0 saturated carbocycles. The molecule has 1 saturated heterocycles. The molecule has 1 aromatic heterocycles. The number of nitrogens with zero attached hydrogens (tertiary/aromatic N) is 2. The molecule has 0 amide bonds. The average Bonchev–Trinajstić information content (AvgIpc) is 2.80. The SMILES string of the molecule is COC(=O)c1c(N)nsc1N1CCC(C)C(OC)C1. The Labute approximate surface area is 116 Å². The summed E-state index contributed by atoms with van der Waals surface area (Å²) in [6, 6.07) is 0. The molecule has 2 heterocycles. The average molecular weight is 285 g/mol. The van der Waals surface area contributed by atoms with Crippen LogP contribution in [-0.4, -0.2) is 43.8 Å². The Morgan fingerprint density at radius 2 is 2.26 bits per heavy atom. The summed E-state index contributed by atoms with van der Waals surface area (Å²) in [5, 5.41) is 0.776. The number of hydrogen-bond donors (Lipinski definition) is 1. The molecule has 6 nitrogen and oxygen atoms in total. The molecule has 106 valence electrons. The van der Waals surface area contributed by atoms with Gasteiger partial charge in [0.05, 0.1) is 13.2 Å². The Hall–Kier alpha value is -1.34. The predicted molar refractivity (Wildman–Crippen MR) is 74.7 cm³/mol. The Bertz CT molecular complexity index is 463. The van der Waals surface area contributed by atoms with Crippen LogP contribution in [0.4, 0.5) is 10.8 Å². The molecule has 7 heteroatoms. The first-order valence-electron chi connectivity index (χ1n) is 6.19. The maximum absolute atomic E-state index is 11.8. The second-order valence-corrected chi connectivity index (χ2v) is 5.48. The molecule has 1 aliphatic heterocycles. The lowest BCUT2D eigenvalue weighted by Crippen LogP contribution is -2.44. The van der Waals surface area contributed by atoms with Crippen molar-refractivity contribution in [2.75, 3.05) is 37.9 Å². The molecular weight excluding hydrogens is 266 g/mol. The third kappa shape index (κ3) is 2.66. The van der Waals surface area contributed by atoms with Crippen molar-refractivity contribution in [2.24, 2.45) is 5.92 Å². The number of aromatic nitrogens is 1. The summed E-state index contributed by atoms with van der Waals surface area (Å²) >= 11 is 1.23. The zero-order valence-corrected chi connectivity index (χ0v) is 12.2. The van der Waals surface area contributed by atoms with Gasteiger partial charge in [0.2, 0.25) is 0 Å². The standard InChI is InChI=1S/C12H19N3O3S/c1-7-4-5-15(6-8(7)17-2)11-9(12(16)18-3)10(13)14-19-11/h7-8H,4-6H2,1-3H3,(H2,13,14). The van der Waals surface area contributed by atoms with E-state index in [1.165, 1.54) is 18.6 Å². The highest BCUT2D eigenvalue weighted by atomic mass is 32.1. The van der Waals surface area contributed by atoms with Crippen LogP contribution in [0.2, 0.25) is 0 Å². The van der Waals surface area contributed by atoms with Gasteiger partial charge >= 0.3 is 5.97 Å². The van der Waals surface area contributed by atoms with Gasteiger partial charge in [0, 0.05) is 20.2 Å². The molecule has 2 rings (SSSR count).